The molecule has 14 heteroatoms. The minimum absolute atomic E-state index is 0.0572. The van der Waals surface area contributed by atoms with Gasteiger partial charge < -0.3 is 21.1 Å². The highest BCUT2D eigenvalue weighted by Gasteiger charge is 2.35. The molecule has 0 radical (unpaired) electrons. The summed E-state index contributed by atoms with van der Waals surface area (Å²) in [7, 11) is -2.29. The molecular formula is C21H21ClF3N5O4S. The van der Waals surface area contributed by atoms with Crippen molar-refractivity contribution in [1.82, 2.24) is 15.1 Å². The third-order valence-corrected chi connectivity index (χ3v) is 6.23. The maximum absolute atomic E-state index is 13.2. The number of hydrogen-bond donors (Lipinski definition) is 3. The SMILES string of the molecule is COc1cc(NC(=O)NCc2cc(C(F)(F)F)nn2-c2cccc(Cl)c2)ccc1C(N)S(C)(=O)=O. The molecule has 0 aliphatic carbocycles. The molecule has 0 saturated heterocycles. The molecule has 9 nitrogen and oxygen atoms in total. The fourth-order valence-electron chi connectivity index (χ4n) is 3.12. The van der Waals surface area contributed by atoms with Gasteiger partial charge in [0.1, 0.15) is 11.1 Å². The number of aromatic nitrogens is 2. The number of alkyl halides is 3. The van der Waals surface area contributed by atoms with Gasteiger partial charge in [-0.1, -0.05) is 23.7 Å². The predicted molar refractivity (Wildman–Crippen MR) is 124 cm³/mol. The summed E-state index contributed by atoms with van der Waals surface area (Å²) in [4.78, 5) is 12.4. The van der Waals surface area contributed by atoms with Crippen molar-refractivity contribution in [3.05, 3.63) is 70.5 Å². The van der Waals surface area contributed by atoms with Crippen molar-refractivity contribution in [1.29, 1.82) is 0 Å². The van der Waals surface area contributed by atoms with Gasteiger partial charge in [0.05, 0.1) is 25.0 Å². The molecule has 2 aromatic carbocycles. The molecule has 1 heterocycles. The number of carbonyl (C=O) groups excluding carboxylic acids is 1. The molecule has 1 aromatic heterocycles. The van der Waals surface area contributed by atoms with Crippen LogP contribution in [0.1, 0.15) is 22.3 Å². The number of anilines is 1. The second kappa shape index (κ2) is 10.1. The second-order valence-electron chi connectivity index (χ2n) is 7.42. The lowest BCUT2D eigenvalue weighted by Gasteiger charge is -2.16. The molecule has 0 saturated carbocycles. The van der Waals surface area contributed by atoms with Crippen LogP contribution < -0.4 is 21.1 Å². The van der Waals surface area contributed by atoms with Gasteiger partial charge in [-0.05, 0) is 30.3 Å². The minimum atomic E-state index is -4.69. The molecule has 0 fully saturated rings. The van der Waals surface area contributed by atoms with Crippen LogP contribution in [-0.4, -0.2) is 37.6 Å². The van der Waals surface area contributed by atoms with E-state index in [4.69, 9.17) is 22.1 Å². The van der Waals surface area contributed by atoms with Gasteiger partial charge >= 0.3 is 12.2 Å². The number of nitrogens with two attached hydrogens (primary N) is 1. The average Bonchev–Trinajstić information content (AvgIpc) is 3.21. The van der Waals surface area contributed by atoms with Crippen molar-refractivity contribution < 1.29 is 31.1 Å². The molecule has 4 N–H and O–H groups in total. The van der Waals surface area contributed by atoms with E-state index in [2.05, 4.69) is 15.7 Å². The third-order valence-electron chi connectivity index (χ3n) is 4.82. The van der Waals surface area contributed by atoms with Crippen LogP contribution in [0, 0.1) is 0 Å². The number of halogens is 4. The Bertz CT molecular complexity index is 1340. The van der Waals surface area contributed by atoms with Crippen LogP contribution in [0.3, 0.4) is 0 Å². The molecule has 3 aromatic rings. The van der Waals surface area contributed by atoms with E-state index in [0.29, 0.717) is 5.02 Å². The summed E-state index contributed by atoms with van der Waals surface area (Å²) >= 11 is 5.95. The summed E-state index contributed by atoms with van der Waals surface area (Å²) in [6, 6.07) is 10.4. The van der Waals surface area contributed by atoms with E-state index in [1.807, 2.05) is 0 Å². The van der Waals surface area contributed by atoms with Crippen molar-refractivity contribution in [2.75, 3.05) is 18.7 Å². The van der Waals surface area contributed by atoms with Gasteiger partial charge in [-0.3, -0.25) is 0 Å². The van der Waals surface area contributed by atoms with E-state index in [-0.39, 0.29) is 34.9 Å². The van der Waals surface area contributed by atoms with E-state index in [9.17, 15) is 26.4 Å². The Morgan fingerprint density at radius 3 is 2.54 bits per heavy atom. The molecule has 0 spiro atoms. The third kappa shape index (κ3) is 6.44. The van der Waals surface area contributed by atoms with E-state index >= 15 is 0 Å². The number of sulfone groups is 1. The first kappa shape index (κ1) is 26.3. The zero-order chi connectivity index (χ0) is 26.0. The van der Waals surface area contributed by atoms with Gasteiger partial charge in [-0.15, -0.1) is 0 Å². The van der Waals surface area contributed by atoms with Crippen LogP contribution in [-0.2, 0) is 22.6 Å². The number of carbonyl (C=O) groups is 1. The predicted octanol–water partition coefficient (Wildman–Crippen LogP) is 3.88. The Balaban J connectivity index is 1.78. The van der Waals surface area contributed by atoms with Gasteiger partial charge in [0, 0.05) is 28.6 Å². The van der Waals surface area contributed by atoms with Crippen LogP contribution in [0.5, 0.6) is 5.75 Å². The topological polar surface area (TPSA) is 128 Å². The maximum Gasteiger partial charge on any atom is 0.435 e. The largest absolute Gasteiger partial charge is 0.496 e. The molecule has 35 heavy (non-hydrogen) atoms. The van der Waals surface area contributed by atoms with Crippen molar-refractivity contribution in [3.8, 4) is 11.4 Å². The second-order valence-corrected chi connectivity index (χ2v) is 10.0. The van der Waals surface area contributed by atoms with Gasteiger partial charge in [0.15, 0.2) is 15.5 Å². The number of rotatable bonds is 7. The molecule has 1 unspecified atom stereocenters. The number of amides is 2. The number of nitrogens with zero attached hydrogens (tertiary/aromatic N) is 2. The Kier molecular flexibility index (Phi) is 7.62. The maximum atomic E-state index is 13.2. The fourth-order valence-corrected chi connectivity index (χ4v) is 3.96. The minimum Gasteiger partial charge on any atom is -0.496 e. The summed E-state index contributed by atoms with van der Waals surface area (Å²) in [5.74, 6) is 0.134. The molecule has 0 aliphatic heterocycles. The standard InChI is InChI=1S/C21H21ClF3N5O4S/c1-34-17-9-13(6-7-16(17)19(26)35(2,32)33)28-20(31)27-11-15-10-18(21(23,24)25)29-30(15)14-5-3-4-12(22)8-14/h3-10,19H,11,26H2,1-2H3,(H2,27,28,31). The lowest BCUT2D eigenvalue weighted by Crippen LogP contribution is -2.29. The van der Waals surface area contributed by atoms with E-state index in [1.165, 1.54) is 37.4 Å². The first-order chi connectivity index (χ1) is 16.3. The Morgan fingerprint density at radius 2 is 1.94 bits per heavy atom. The zero-order valence-electron chi connectivity index (χ0n) is 18.4. The first-order valence-electron chi connectivity index (χ1n) is 9.89. The highest BCUT2D eigenvalue weighted by atomic mass is 35.5. The number of benzene rings is 2. The molecule has 0 aliphatic rings. The van der Waals surface area contributed by atoms with E-state index < -0.39 is 33.1 Å². The lowest BCUT2D eigenvalue weighted by molar-refractivity contribution is -0.141. The summed E-state index contributed by atoms with van der Waals surface area (Å²) < 4.78 is 69.4. The van der Waals surface area contributed by atoms with Gasteiger partial charge in [-0.25, -0.2) is 17.9 Å². The molecular weight excluding hydrogens is 511 g/mol. The average molecular weight is 532 g/mol. The van der Waals surface area contributed by atoms with Crippen LogP contribution in [0.25, 0.3) is 5.69 Å². The van der Waals surface area contributed by atoms with E-state index in [1.54, 1.807) is 12.1 Å². The van der Waals surface area contributed by atoms with Crippen LogP contribution >= 0.6 is 11.6 Å². The Hall–Kier alpha value is -3.29. The van der Waals surface area contributed by atoms with Crippen molar-refractivity contribution >= 4 is 33.2 Å². The number of hydrogen-bond acceptors (Lipinski definition) is 6. The van der Waals surface area contributed by atoms with Crippen molar-refractivity contribution in [2.24, 2.45) is 5.73 Å². The van der Waals surface area contributed by atoms with Crippen LogP contribution in [0.2, 0.25) is 5.02 Å². The molecule has 3 rings (SSSR count). The van der Waals surface area contributed by atoms with Crippen molar-refractivity contribution in [3.63, 3.8) is 0 Å². The lowest BCUT2D eigenvalue weighted by atomic mass is 10.2. The van der Waals surface area contributed by atoms with Gasteiger partial charge in [0.2, 0.25) is 0 Å². The van der Waals surface area contributed by atoms with Crippen LogP contribution in [0.15, 0.2) is 48.5 Å². The van der Waals surface area contributed by atoms with E-state index in [0.717, 1.165) is 17.0 Å². The molecule has 188 valence electrons. The number of methoxy groups -OCH3 is 1. The number of nitrogens with one attached hydrogen (secondary N) is 2. The summed E-state index contributed by atoms with van der Waals surface area (Å²) in [6.45, 7) is -0.296. The normalized spacial score (nSPS) is 12.8. The van der Waals surface area contributed by atoms with Gasteiger partial charge in [-0.2, -0.15) is 18.3 Å². The van der Waals surface area contributed by atoms with Gasteiger partial charge in [0.25, 0.3) is 0 Å². The molecule has 1 atom stereocenters. The fraction of sp³-hybridized carbons (Fsp3) is 0.238. The smallest absolute Gasteiger partial charge is 0.435 e. The Morgan fingerprint density at radius 1 is 1.23 bits per heavy atom. The highest BCUT2D eigenvalue weighted by Crippen LogP contribution is 2.31. The zero-order valence-corrected chi connectivity index (χ0v) is 20.0. The molecule has 0 bridgehead atoms. The summed E-state index contributed by atoms with van der Waals surface area (Å²) in [5.41, 5.74) is 5.41. The first-order valence-corrected chi connectivity index (χ1v) is 12.2. The summed E-state index contributed by atoms with van der Waals surface area (Å²) in [6.07, 6.45) is -3.71. The Labute approximate surface area is 203 Å². The highest BCUT2D eigenvalue weighted by molar-refractivity contribution is 7.90. The van der Waals surface area contributed by atoms with Crippen LogP contribution in [0.4, 0.5) is 23.7 Å². The number of urea groups is 1. The monoisotopic (exact) mass is 531 g/mol. The molecule has 2 amide bonds. The quantitative estimate of drug-likeness (QED) is 0.424. The number of ether oxygens (including phenoxy) is 1. The summed E-state index contributed by atoms with van der Waals surface area (Å²) in [5, 5.41) is 7.55. The van der Waals surface area contributed by atoms with Crippen molar-refractivity contribution in [2.45, 2.75) is 18.1 Å².